The summed E-state index contributed by atoms with van der Waals surface area (Å²) in [6.07, 6.45) is 0. The standard InChI is InChI=1S/C7H4Cl3NO2S/c8-4-1-6(10)7(2-5(4)9)14-3-11(12)13/h1-2H,3H2. The van der Waals surface area contributed by atoms with E-state index in [2.05, 4.69) is 0 Å². The molecule has 0 fully saturated rings. The van der Waals surface area contributed by atoms with Crippen molar-refractivity contribution in [2.24, 2.45) is 0 Å². The lowest BCUT2D eigenvalue weighted by Crippen LogP contribution is -1.95. The van der Waals surface area contributed by atoms with E-state index in [0.717, 1.165) is 11.8 Å². The summed E-state index contributed by atoms with van der Waals surface area (Å²) in [4.78, 5) is 10.2. The van der Waals surface area contributed by atoms with Crippen LogP contribution >= 0.6 is 46.6 Å². The van der Waals surface area contributed by atoms with E-state index in [1.54, 1.807) is 0 Å². The zero-order valence-electron chi connectivity index (χ0n) is 6.67. The Morgan fingerprint density at radius 3 is 2.36 bits per heavy atom. The molecule has 14 heavy (non-hydrogen) atoms. The van der Waals surface area contributed by atoms with Crippen molar-refractivity contribution in [3.8, 4) is 0 Å². The summed E-state index contributed by atoms with van der Waals surface area (Å²) in [7, 11) is 0. The van der Waals surface area contributed by atoms with Crippen LogP contribution in [-0.4, -0.2) is 10.8 Å². The summed E-state index contributed by atoms with van der Waals surface area (Å²) < 4.78 is 0. The Labute approximate surface area is 99.5 Å². The van der Waals surface area contributed by atoms with Crippen molar-refractivity contribution in [1.29, 1.82) is 0 Å². The van der Waals surface area contributed by atoms with Gasteiger partial charge in [-0.2, -0.15) is 0 Å². The van der Waals surface area contributed by atoms with E-state index < -0.39 is 4.92 Å². The van der Waals surface area contributed by atoms with Gasteiger partial charge in [0.25, 0.3) is 5.88 Å². The number of hydrogen-bond donors (Lipinski definition) is 0. The summed E-state index contributed by atoms with van der Waals surface area (Å²) in [5, 5.41) is 11.2. The van der Waals surface area contributed by atoms with Crippen LogP contribution < -0.4 is 0 Å². The molecule has 0 unspecified atom stereocenters. The predicted molar refractivity (Wildman–Crippen MR) is 59.2 cm³/mol. The number of thioether (sulfide) groups is 1. The summed E-state index contributed by atoms with van der Waals surface area (Å²) in [5.74, 6) is -0.252. The molecule has 7 heteroatoms. The van der Waals surface area contributed by atoms with Gasteiger partial charge in [0.1, 0.15) is 0 Å². The van der Waals surface area contributed by atoms with Crippen LogP contribution in [0.4, 0.5) is 0 Å². The highest BCUT2D eigenvalue weighted by Gasteiger charge is 2.08. The van der Waals surface area contributed by atoms with Crippen LogP contribution in [0, 0.1) is 10.1 Å². The zero-order valence-corrected chi connectivity index (χ0v) is 9.75. The van der Waals surface area contributed by atoms with Crippen molar-refractivity contribution in [3.05, 3.63) is 37.3 Å². The minimum Gasteiger partial charge on any atom is -0.264 e. The summed E-state index contributed by atoms with van der Waals surface area (Å²) in [5.41, 5.74) is 0. The second kappa shape index (κ2) is 5.07. The lowest BCUT2D eigenvalue weighted by Gasteiger charge is -2.02. The Morgan fingerprint density at radius 1 is 1.21 bits per heavy atom. The van der Waals surface area contributed by atoms with Crippen LogP contribution in [0.25, 0.3) is 0 Å². The number of nitrogens with zero attached hydrogens (tertiary/aromatic N) is 1. The summed E-state index contributed by atoms with van der Waals surface area (Å²) in [6, 6.07) is 2.98. The maximum atomic E-state index is 10.1. The Bertz CT molecular complexity index is 372. The molecular formula is C7H4Cl3NO2S. The van der Waals surface area contributed by atoms with Crippen molar-refractivity contribution in [3.63, 3.8) is 0 Å². The zero-order chi connectivity index (χ0) is 10.7. The number of rotatable bonds is 3. The molecule has 0 aliphatic rings. The van der Waals surface area contributed by atoms with E-state index in [0.29, 0.717) is 20.0 Å². The molecule has 0 aliphatic carbocycles. The van der Waals surface area contributed by atoms with E-state index in [1.165, 1.54) is 12.1 Å². The molecule has 0 saturated heterocycles. The average molecular weight is 273 g/mol. The molecule has 0 saturated carbocycles. The van der Waals surface area contributed by atoms with Gasteiger partial charge in [-0.15, -0.1) is 0 Å². The van der Waals surface area contributed by atoms with Crippen molar-refractivity contribution in [2.45, 2.75) is 4.90 Å². The molecule has 0 spiro atoms. The molecule has 0 atom stereocenters. The first-order chi connectivity index (χ1) is 6.50. The minimum atomic E-state index is -0.441. The Hall–Kier alpha value is -0.160. The number of hydrogen-bond acceptors (Lipinski definition) is 3. The van der Waals surface area contributed by atoms with Gasteiger partial charge < -0.3 is 0 Å². The molecule has 0 amide bonds. The first-order valence-electron chi connectivity index (χ1n) is 3.40. The van der Waals surface area contributed by atoms with Crippen molar-refractivity contribution in [2.75, 3.05) is 5.88 Å². The summed E-state index contributed by atoms with van der Waals surface area (Å²) in [6.45, 7) is 0. The van der Waals surface area contributed by atoms with Crippen LogP contribution in [0.1, 0.15) is 0 Å². The molecule has 0 aromatic heterocycles. The van der Waals surface area contributed by atoms with E-state index in [4.69, 9.17) is 34.8 Å². The predicted octanol–water partition coefficient (Wildman–Crippen LogP) is 3.97. The SMILES string of the molecule is O=[N+]([O-])CSc1cc(Cl)c(Cl)cc1Cl. The first kappa shape index (κ1) is 11.9. The molecule has 3 nitrogen and oxygen atoms in total. The third-order valence-electron chi connectivity index (χ3n) is 1.30. The van der Waals surface area contributed by atoms with Crippen molar-refractivity contribution in [1.82, 2.24) is 0 Å². The normalized spacial score (nSPS) is 10.2. The highest BCUT2D eigenvalue weighted by Crippen LogP contribution is 2.34. The number of benzene rings is 1. The second-order valence-corrected chi connectivity index (χ2v) is 4.51. The number of halogens is 3. The van der Waals surface area contributed by atoms with Gasteiger partial charge in [-0.1, -0.05) is 34.8 Å². The van der Waals surface area contributed by atoms with Crippen molar-refractivity contribution < 1.29 is 4.92 Å². The second-order valence-electron chi connectivity index (χ2n) is 2.30. The fraction of sp³-hybridized carbons (Fsp3) is 0.143. The third kappa shape index (κ3) is 3.20. The monoisotopic (exact) mass is 271 g/mol. The molecular weight excluding hydrogens is 269 g/mol. The van der Waals surface area contributed by atoms with Gasteiger partial charge in [0, 0.05) is 9.82 Å². The van der Waals surface area contributed by atoms with Gasteiger partial charge in [0.2, 0.25) is 0 Å². The maximum absolute atomic E-state index is 10.1. The Balaban J connectivity index is 2.87. The topological polar surface area (TPSA) is 43.1 Å². The van der Waals surface area contributed by atoms with Gasteiger partial charge in [-0.05, 0) is 23.9 Å². The van der Waals surface area contributed by atoms with E-state index >= 15 is 0 Å². The molecule has 0 heterocycles. The van der Waals surface area contributed by atoms with Gasteiger partial charge in [-0.25, -0.2) is 0 Å². The average Bonchev–Trinajstić information content (AvgIpc) is 2.09. The van der Waals surface area contributed by atoms with Gasteiger partial charge in [0.05, 0.1) is 15.1 Å². The van der Waals surface area contributed by atoms with Crippen molar-refractivity contribution >= 4 is 46.6 Å². The summed E-state index contributed by atoms with van der Waals surface area (Å²) >= 11 is 18.2. The number of nitro groups is 1. The van der Waals surface area contributed by atoms with E-state index in [9.17, 15) is 10.1 Å². The lowest BCUT2D eigenvalue weighted by molar-refractivity contribution is -0.456. The van der Waals surface area contributed by atoms with E-state index in [-0.39, 0.29) is 5.88 Å². The quantitative estimate of drug-likeness (QED) is 0.275. The molecule has 1 aromatic rings. The molecule has 1 rings (SSSR count). The van der Waals surface area contributed by atoms with Gasteiger partial charge >= 0.3 is 0 Å². The highest BCUT2D eigenvalue weighted by molar-refractivity contribution is 7.99. The van der Waals surface area contributed by atoms with Crippen LogP contribution in [-0.2, 0) is 0 Å². The minimum absolute atomic E-state index is 0.252. The van der Waals surface area contributed by atoms with Crippen LogP contribution in [0.15, 0.2) is 17.0 Å². The molecule has 76 valence electrons. The largest absolute Gasteiger partial charge is 0.264 e. The Kier molecular flexibility index (Phi) is 4.31. The van der Waals surface area contributed by atoms with Crippen LogP contribution in [0.3, 0.4) is 0 Å². The van der Waals surface area contributed by atoms with E-state index in [1.807, 2.05) is 0 Å². The molecule has 0 aliphatic heterocycles. The lowest BCUT2D eigenvalue weighted by atomic mass is 10.4. The molecule has 0 bridgehead atoms. The highest BCUT2D eigenvalue weighted by atomic mass is 35.5. The molecule has 0 radical (unpaired) electrons. The molecule has 1 aromatic carbocycles. The third-order valence-corrected chi connectivity index (χ3v) is 3.44. The first-order valence-corrected chi connectivity index (χ1v) is 5.52. The fourth-order valence-corrected chi connectivity index (χ4v) is 2.15. The smallest absolute Gasteiger partial charge is 0.253 e. The van der Waals surface area contributed by atoms with Crippen LogP contribution in [0.5, 0.6) is 0 Å². The maximum Gasteiger partial charge on any atom is 0.253 e. The van der Waals surface area contributed by atoms with Gasteiger partial charge in [0.15, 0.2) is 0 Å². The Morgan fingerprint density at radius 2 is 1.79 bits per heavy atom. The van der Waals surface area contributed by atoms with Crippen LogP contribution in [0.2, 0.25) is 15.1 Å². The van der Waals surface area contributed by atoms with Gasteiger partial charge in [-0.3, -0.25) is 10.1 Å². The molecule has 0 N–H and O–H groups in total. The fourth-order valence-electron chi connectivity index (χ4n) is 0.737.